The van der Waals surface area contributed by atoms with E-state index in [0.717, 1.165) is 42.6 Å². The van der Waals surface area contributed by atoms with Crippen molar-refractivity contribution in [1.29, 1.82) is 0 Å². The molecule has 0 unspecified atom stereocenters. The summed E-state index contributed by atoms with van der Waals surface area (Å²) < 4.78 is 0. The highest BCUT2D eigenvalue weighted by molar-refractivity contribution is 7.17. The summed E-state index contributed by atoms with van der Waals surface area (Å²) in [7, 11) is 1.59. The summed E-state index contributed by atoms with van der Waals surface area (Å²) in [5.41, 5.74) is 2.48. The minimum Gasteiger partial charge on any atom is -0.355 e. The number of amides is 4. The first-order chi connectivity index (χ1) is 14.5. The molecule has 156 valence electrons. The quantitative estimate of drug-likeness (QED) is 0.580. The zero-order chi connectivity index (χ0) is 21.3. The Morgan fingerprint density at radius 2 is 1.57 bits per heavy atom. The van der Waals surface area contributed by atoms with Gasteiger partial charge in [0, 0.05) is 30.3 Å². The average Bonchev–Trinajstić information content (AvgIpc) is 3.16. The highest BCUT2D eigenvalue weighted by Crippen LogP contribution is 2.37. The van der Waals surface area contributed by atoms with E-state index in [0.29, 0.717) is 21.8 Å². The number of benzene rings is 1. The standard InChI is InChI=1S/C22H23N3O4S/c1-23-21(29)19-15-5-3-2-4-6-16(15)30-22(19)24-20(28)13-7-9-14(10-8-13)25-17(26)11-12-18(25)27/h7-10H,2-6,11-12H2,1H3,(H,23,29)(H,24,28). The highest BCUT2D eigenvalue weighted by Gasteiger charge is 2.30. The lowest BCUT2D eigenvalue weighted by molar-refractivity contribution is -0.121. The zero-order valence-electron chi connectivity index (χ0n) is 16.7. The van der Waals surface area contributed by atoms with Gasteiger partial charge < -0.3 is 10.6 Å². The molecule has 2 heterocycles. The molecule has 4 amide bonds. The molecule has 1 saturated heterocycles. The van der Waals surface area contributed by atoms with E-state index in [1.165, 1.54) is 16.2 Å². The van der Waals surface area contributed by atoms with Crippen LogP contribution in [0.3, 0.4) is 0 Å². The van der Waals surface area contributed by atoms with Gasteiger partial charge in [-0.25, -0.2) is 0 Å². The van der Waals surface area contributed by atoms with Crippen molar-refractivity contribution in [2.45, 2.75) is 44.9 Å². The third kappa shape index (κ3) is 3.75. The van der Waals surface area contributed by atoms with Crippen LogP contribution in [0.15, 0.2) is 24.3 Å². The monoisotopic (exact) mass is 425 g/mol. The van der Waals surface area contributed by atoms with Crippen molar-refractivity contribution in [2.24, 2.45) is 0 Å². The maximum atomic E-state index is 12.8. The van der Waals surface area contributed by atoms with Crippen molar-refractivity contribution < 1.29 is 19.2 Å². The van der Waals surface area contributed by atoms with Crippen molar-refractivity contribution in [2.75, 3.05) is 17.3 Å². The summed E-state index contributed by atoms with van der Waals surface area (Å²) in [6.45, 7) is 0. The maximum absolute atomic E-state index is 12.8. The van der Waals surface area contributed by atoms with Gasteiger partial charge in [0.25, 0.3) is 11.8 Å². The van der Waals surface area contributed by atoms with Gasteiger partial charge in [-0.1, -0.05) is 6.42 Å². The number of hydrogen-bond acceptors (Lipinski definition) is 5. The van der Waals surface area contributed by atoms with E-state index in [1.807, 2.05) is 0 Å². The van der Waals surface area contributed by atoms with Crippen LogP contribution >= 0.6 is 11.3 Å². The normalized spacial score (nSPS) is 16.2. The fourth-order valence-electron chi connectivity index (χ4n) is 4.00. The minimum absolute atomic E-state index is 0.189. The Morgan fingerprint density at radius 3 is 2.23 bits per heavy atom. The van der Waals surface area contributed by atoms with Gasteiger partial charge in [0.2, 0.25) is 11.8 Å². The first-order valence-corrected chi connectivity index (χ1v) is 10.9. The number of hydrogen-bond donors (Lipinski definition) is 2. The van der Waals surface area contributed by atoms with Crippen LogP contribution in [0.2, 0.25) is 0 Å². The van der Waals surface area contributed by atoms with E-state index in [9.17, 15) is 19.2 Å². The second-order valence-corrected chi connectivity index (χ2v) is 8.58. The molecule has 2 N–H and O–H groups in total. The summed E-state index contributed by atoms with van der Waals surface area (Å²) in [4.78, 5) is 51.5. The maximum Gasteiger partial charge on any atom is 0.256 e. The number of carbonyl (C=O) groups is 4. The lowest BCUT2D eigenvalue weighted by Gasteiger charge is -2.14. The van der Waals surface area contributed by atoms with Gasteiger partial charge in [0.1, 0.15) is 5.00 Å². The van der Waals surface area contributed by atoms with Crippen molar-refractivity contribution >= 4 is 45.7 Å². The van der Waals surface area contributed by atoms with Gasteiger partial charge in [-0.15, -0.1) is 11.3 Å². The number of carbonyl (C=O) groups excluding carboxylic acids is 4. The predicted molar refractivity (Wildman–Crippen MR) is 115 cm³/mol. The lowest BCUT2D eigenvalue weighted by Crippen LogP contribution is -2.28. The summed E-state index contributed by atoms with van der Waals surface area (Å²) in [5.74, 6) is -0.978. The molecule has 30 heavy (non-hydrogen) atoms. The summed E-state index contributed by atoms with van der Waals surface area (Å²) in [6, 6.07) is 6.36. The van der Waals surface area contributed by atoms with Gasteiger partial charge in [0.15, 0.2) is 0 Å². The van der Waals surface area contributed by atoms with Crippen LogP contribution in [0.5, 0.6) is 0 Å². The van der Waals surface area contributed by atoms with Crippen LogP contribution in [-0.2, 0) is 22.4 Å². The summed E-state index contributed by atoms with van der Waals surface area (Å²) in [5, 5.41) is 6.15. The SMILES string of the molecule is CNC(=O)c1c(NC(=O)c2ccc(N3C(=O)CCC3=O)cc2)sc2c1CCCCC2. The van der Waals surface area contributed by atoms with Gasteiger partial charge in [-0.05, 0) is 55.5 Å². The molecule has 2 aromatic rings. The molecule has 1 aromatic heterocycles. The van der Waals surface area contributed by atoms with Gasteiger partial charge in [-0.3, -0.25) is 24.1 Å². The van der Waals surface area contributed by atoms with E-state index in [-0.39, 0.29) is 36.5 Å². The number of nitrogens with one attached hydrogen (secondary N) is 2. The Bertz CT molecular complexity index is 1010. The number of thiophene rings is 1. The fourth-order valence-corrected chi connectivity index (χ4v) is 5.28. The molecule has 1 aliphatic carbocycles. The molecule has 1 aliphatic heterocycles. The van der Waals surface area contributed by atoms with Crippen LogP contribution in [0.4, 0.5) is 10.7 Å². The minimum atomic E-state index is -0.331. The second-order valence-electron chi connectivity index (χ2n) is 7.47. The first kappa shape index (κ1) is 20.3. The van der Waals surface area contributed by atoms with Crippen molar-refractivity contribution in [3.8, 4) is 0 Å². The van der Waals surface area contributed by atoms with Crippen LogP contribution in [0.1, 0.15) is 63.3 Å². The van der Waals surface area contributed by atoms with Crippen molar-refractivity contribution in [3.63, 3.8) is 0 Å². The third-order valence-electron chi connectivity index (χ3n) is 5.54. The van der Waals surface area contributed by atoms with Crippen molar-refractivity contribution in [3.05, 3.63) is 45.8 Å². The summed E-state index contributed by atoms with van der Waals surface area (Å²) >= 11 is 1.48. The predicted octanol–water partition coefficient (Wildman–Crippen LogP) is 3.28. The summed E-state index contributed by atoms with van der Waals surface area (Å²) in [6.07, 6.45) is 5.47. The van der Waals surface area contributed by atoms with E-state index in [1.54, 1.807) is 31.3 Å². The molecule has 0 saturated carbocycles. The number of fused-ring (bicyclic) bond motifs is 1. The molecule has 0 spiro atoms. The number of nitrogens with zero attached hydrogens (tertiary/aromatic N) is 1. The van der Waals surface area contributed by atoms with Crippen LogP contribution < -0.4 is 15.5 Å². The molecule has 2 aliphatic rings. The van der Waals surface area contributed by atoms with Gasteiger partial charge in [0.05, 0.1) is 11.3 Å². The Morgan fingerprint density at radius 1 is 0.900 bits per heavy atom. The Labute approximate surface area is 178 Å². The Balaban J connectivity index is 1.57. The molecule has 4 rings (SSSR count). The molecule has 8 heteroatoms. The van der Waals surface area contributed by atoms with Crippen molar-refractivity contribution in [1.82, 2.24) is 5.32 Å². The third-order valence-corrected chi connectivity index (χ3v) is 6.75. The molecule has 7 nitrogen and oxygen atoms in total. The highest BCUT2D eigenvalue weighted by atomic mass is 32.1. The van der Waals surface area contributed by atoms with Crippen LogP contribution in [0.25, 0.3) is 0 Å². The smallest absolute Gasteiger partial charge is 0.256 e. The molecule has 1 fully saturated rings. The van der Waals surface area contributed by atoms with Crippen LogP contribution in [0, 0.1) is 0 Å². The largest absolute Gasteiger partial charge is 0.355 e. The fraction of sp³-hybridized carbons (Fsp3) is 0.364. The number of aryl methyl sites for hydroxylation is 1. The zero-order valence-corrected chi connectivity index (χ0v) is 17.6. The number of rotatable bonds is 4. The van der Waals surface area contributed by atoms with Crippen LogP contribution in [-0.4, -0.2) is 30.7 Å². The van der Waals surface area contributed by atoms with E-state index in [4.69, 9.17) is 0 Å². The first-order valence-electron chi connectivity index (χ1n) is 10.1. The molecule has 0 bridgehead atoms. The molecule has 1 aromatic carbocycles. The Kier molecular flexibility index (Phi) is 5.67. The molecular formula is C22H23N3O4S. The van der Waals surface area contributed by atoms with Gasteiger partial charge in [-0.2, -0.15) is 0 Å². The molecule has 0 atom stereocenters. The topological polar surface area (TPSA) is 95.6 Å². The van der Waals surface area contributed by atoms with E-state index in [2.05, 4.69) is 10.6 Å². The number of imide groups is 1. The Hall–Kier alpha value is -3.00. The average molecular weight is 426 g/mol. The molecular weight excluding hydrogens is 402 g/mol. The second kappa shape index (κ2) is 8.39. The molecule has 0 radical (unpaired) electrons. The van der Waals surface area contributed by atoms with E-state index < -0.39 is 0 Å². The lowest BCUT2D eigenvalue weighted by atomic mass is 10.0. The van der Waals surface area contributed by atoms with E-state index >= 15 is 0 Å². The van der Waals surface area contributed by atoms with Gasteiger partial charge >= 0.3 is 0 Å². The number of anilines is 2.